The highest BCUT2D eigenvalue weighted by Gasteiger charge is 2.17. The molecule has 0 amide bonds. The fourth-order valence-electron chi connectivity index (χ4n) is 1.72. The van der Waals surface area contributed by atoms with Crippen molar-refractivity contribution >= 4 is 5.71 Å². The van der Waals surface area contributed by atoms with Crippen LogP contribution in [0.4, 0.5) is 0 Å². The first-order chi connectivity index (χ1) is 6.52. The topological polar surface area (TPSA) is 12.4 Å². The fraction of sp³-hybridized carbons (Fsp3) is 0.923. The van der Waals surface area contributed by atoms with Crippen molar-refractivity contribution in [2.24, 2.45) is 10.4 Å². The molecule has 0 heterocycles. The summed E-state index contributed by atoms with van der Waals surface area (Å²) >= 11 is 0. The molecule has 0 aromatic heterocycles. The average Bonchev–Trinajstić information content (AvgIpc) is 2.09. The highest BCUT2D eigenvalue weighted by molar-refractivity contribution is 5.89. The van der Waals surface area contributed by atoms with Gasteiger partial charge in [-0.15, -0.1) is 0 Å². The van der Waals surface area contributed by atoms with Crippen molar-refractivity contribution in [3.8, 4) is 0 Å². The van der Waals surface area contributed by atoms with Gasteiger partial charge in [0.2, 0.25) is 0 Å². The summed E-state index contributed by atoms with van der Waals surface area (Å²) in [6.07, 6.45) is 7.95. The molecule has 1 heteroatoms. The third kappa shape index (κ3) is 6.17. The molecule has 1 nitrogen and oxygen atoms in total. The first-order valence-corrected chi connectivity index (χ1v) is 5.98. The lowest BCUT2D eigenvalue weighted by Crippen LogP contribution is -2.20. The summed E-state index contributed by atoms with van der Waals surface area (Å²) in [6.45, 7) is 9.01. The van der Waals surface area contributed by atoms with Crippen LogP contribution < -0.4 is 0 Å². The molecule has 84 valence electrons. The van der Waals surface area contributed by atoms with E-state index in [1.54, 1.807) is 0 Å². The molecule has 0 radical (unpaired) electrons. The Morgan fingerprint density at radius 1 is 1.00 bits per heavy atom. The van der Waals surface area contributed by atoms with E-state index in [1.807, 2.05) is 7.05 Å². The number of hydrogen-bond donors (Lipinski definition) is 0. The largest absolute Gasteiger partial charge is 0.297 e. The molecule has 0 aliphatic rings. The SMILES string of the molecule is CCCCCCC/C(=N\C)C(C)(C)C. The van der Waals surface area contributed by atoms with E-state index >= 15 is 0 Å². The van der Waals surface area contributed by atoms with Gasteiger partial charge >= 0.3 is 0 Å². The Kier molecular flexibility index (Phi) is 6.86. The summed E-state index contributed by atoms with van der Waals surface area (Å²) < 4.78 is 0. The quantitative estimate of drug-likeness (QED) is 0.440. The van der Waals surface area contributed by atoms with Crippen molar-refractivity contribution in [1.29, 1.82) is 0 Å². The van der Waals surface area contributed by atoms with E-state index in [4.69, 9.17) is 0 Å². The maximum absolute atomic E-state index is 4.39. The van der Waals surface area contributed by atoms with Crippen molar-refractivity contribution in [3.05, 3.63) is 0 Å². The Labute approximate surface area is 90.0 Å². The Bertz CT molecular complexity index is 163. The molecule has 0 aromatic carbocycles. The minimum absolute atomic E-state index is 0.263. The molecule has 0 N–H and O–H groups in total. The minimum Gasteiger partial charge on any atom is -0.297 e. The molecule has 0 unspecified atom stereocenters. The van der Waals surface area contributed by atoms with Gasteiger partial charge in [-0.05, 0) is 18.3 Å². The maximum atomic E-state index is 4.39. The zero-order chi connectivity index (χ0) is 11.0. The van der Waals surface area contributed by atoms with Gasteiger partial charge in [0.25, 0.3) is 0 Å². The molecule has 0 fully saturated rings. The molecule has 0 saturated carbocycles. The van der Waals surface area contributed by atoms with Gasteiger partial charge in [-0.2, -0.15) is 0 Å². The van der Waals surface area contributed by atoms with Gasteiger partial charge in [0.1, 0.15) is 0 Å². The predicted molar refractivity (Wildman–Crippen MR) is 66.2 cm³/mol. The van der Waals surface area contributed by atoms with Gasteiger partial charge in [0.15, 0.2) is 0 Å². The van der Waals surface area contributed by atoms with Crippen LogP contribution in [-0.4, -0.2) is 12.8 Å². The lowest BCUT2D eigenvalue weighted by Gasteiger charge is -2.21. The fourth-order valence-corrected chi connectivity index (χ4v) is 1.72. The van der Waals surface area contributed by atoms with E-state index in [2.05, 4.69) is 32.7 Å². The van der Waals surface area contributed by atoms with Gasteiger partial charge in [-0.25, -0.2) is 0 Å². The average molecular weight is 197 g/mol. The van der Waals surface area contributed by atoms with Crippen LogP contribution in [0.1, 0.15) is 66.2 Å². The molecule has 0 spiro atoms. The van der Waals surface area contributed by atoms with Gasteiger partial charge in [0.05, 0.1) is 0 Å². The van der Waals surface area contributed by atoms with E-state index < -0.39 is 0 Å². The van der Waals surface area contributed by atoms with Crippen molar-refractivity contribution in [3.63, 3.8) is 0 Å². The van der Waals surface area contributed by atoms with E-state index in [-0.39, 0.29) is 5.41 Å². The molecular formula is C13H27N. The van der Waals surface area contributed by atoms with Crippen molar-refractivity contribution < 1.29 is 0 Å². The van der Waals surface area contributed by atoms with Crippen molar-refractivity contribution in [2.45, 2.75) is 66.2 Å². The van der Waals surface area contributed by atoms with E-state index in [9.17, 15) is 0 Å². The standard InChI is InChI=1S/C13H27N/c1-6-7-8-9-10-11-12(14-5)13(2,3)4/h6-11H2,1-5H3/b14-12+. The molecule has 0 aliphatic carbocycles. The molecular weight excluding hydrogens is 170 g/mol. The van der Waals surface area contributed by atoms with Crippen LogP contribution in [0.3, 0.4) is 0 Å². The Morgan fingerprint density at radius 3 is 2.00 bits per heavy atom. The second-order valence-electron chi connectivity index (χ2n) is 5.08. The molecule has 0 rings (SSSR count). The van der Waals surface area contributed by atoms with Crippen LogP contribution in [0.15, 0.2) is 4.99 Å². The second-order valence-corrected chi connectivity index (χ2v) is 5.08. The Hall–Kier alpha value is -0.330. The molecule has 14 heavy (non-hydrogen) atoms. The van der Waals surface area contributed by atoms with Crippen LogP contribution in [0.25, 0.3) is 0 Å². The van der Waals surface area contributed by atoms with E-state index in [0.717, 1.165) is 0 Å². The first kappa shape index (κ1) is 13.7. The molecule has 0 aliphatic heterocycles. The third-order valence-electron chi connectivity index (χ3n) is 2.65. The summed E-state index contributed by atoms with van der Waals surface area (Å²) in [5, 5.41) is 0. The van der Waals surface area contributed by atoms with E-state index in [0.29, 0.717) is 0 Å². The minimum atomic E-state index is 0.263. The molecule has 0 bridgehead atoms. The summed E-state index contributed by atoms with van der Waals surface area (Å²) in [4.78, 5) is 4.39. The monoisotopic (exact) mass is 197 g/mol. The molecule has 0 saturated heterocycles. The van der Waals surface area contributed by atoms with Crippen LogP contribution in [0.2, 0.25) is 0 Å². The summed E-state index contributed by atoms with van der Waals surface area (Å²) in [5.74, 6) is 0. The normalized spacial score (nSPS) is 13.4. The van der Waals surface area contributed by atoms with Gasteiger partial charge in [-0.1, -0.05) is 53.4 Å². The van der Waals surface area contributed by atoms with Gasteiger partial charge in [-0.3, -0.25) is 4.99 Å². The zero-order valence-corrected chi connectivity index (χ0v) is 10.7. The predicted octanol–water partition coefficient (Wildman–Crippen LogP) is 4.46. The van der Waals surface area contributed by atoms with E-state index in [1.165, 1.54) is 44.2 Å². The zero-order valence-electron chi connectivity index (χ0n) is 10.7. The maximum Gasteiger partial charge on any atom is 0.0276 e. The Balaban J connectivity index is 3.66. The van der Waals surface area contributed by atoms with Crippen LogP contribution >= 0.6 is 0 Å². The highest BCUT2D eigenvalue weighted by atomic mass is 14.7. The third-order valence-corrected chi connectivity index (χ3v) is 2.65. The molecule has 0 atom stereocenters. The summed E-state index contributed by atoms with van der Waals surface area (Å²) in [5.41, 5.74) is 1.63. The molecule has 0 aromatic rings. The number of hydrogen-bond acceptors (Lipinski definition) is 1. The number of unbranched alkanes of at least 4 members (excludes halogenated alkanes) is 4. The van der Waals surface area contributed by atoms with Crippen molar-refractivity contribution in [1.82, 2.24) is 0 Å². The number of aliphatic imine (C=N–C) groups is 1. The lowest BCUT2D eigenvalue weighted by atomic mass is 9.86. The van der Waals surface area contributed by atoms with Gasteiger partial charge < -0.3 is 0 Å². The smallest absolute Gasteiger partial charge is 0.0276 e. The van der Waals surface area contributed by atoms with Crippen LogP contribution in [0.5, 0.6) is 0 Å². The van der Waals surface area contributed by atoms with Crippen LogP contribution in [0, 0.1) is 5.41 Å². The van der Waals surface area contributed by atoms with Crippen molar-refractivity contribution in [2.75, 3.05) is 7.05 Å². The summed E-state index contributed by atoms with van der Waals surface area (Å²) in [6, 6.07) is 0. The number of rotatable bonds is 6. The first-order valence-electron chi connectivity index (χ1n) is 5.98. The second kappa shape index (κ2) is 7.03. The Morgan fingerprint density at radius 2 is 1.57 bits per heavy atom. The number of nitrogens with zero attached hydrogens (tertiary/aromatic N) is 1. The lowest BCUT2D eigenvalue weighted by molar-refractivity contribution is 0.561. The van der Waals surface area contributed by atoms with Gasteiger partial charge in [0, 0.05) is 12.8 Å². The summed E-state index contributed by atoms with van der Waals surface area (Å²) in [7, 11) is 1.92. The van der Waals surface area contributed by atoms with Crippen LogP contribution in [-0.2, 0) is 0 Å². The highest BCUT2D eigenvalue weighted by Crippen LogP contribution is 2.20.